The third kappa shape index (κ3) is 3.66. The quantitative estimate of drug-likeness (QED) is 0.433. The molecule has 0 radical (unpaired) electrons. The molecule has 0 aromatic heterocycles. The summed E-state index contributed by atoms with van der Waals surface area (Å²) in [4.78, 5) is 17.6. The maximum Gasteiger partial charge on any atom is 0.389 e. The van der Waals surface area contributed by atoms with E-state index in [0.29, 0.717) is 0 Å². The van der Waals surface area contributed by atoms with E-state index < -0.39 is 8.60 Å². The second-order valence-corrected chi connectivity index (χ2v) is 4.51. The molecule has 0 saturated heterocycles. The highest BCUT2D eigenvalue weighted by atomic mass is 35.5. The summed E-state index contributed by atoms with van der Waals surface area (Å²) in [6.45, 7) is 7.63. The van der Waals surface area contributed by atoms with Gasteiger partial charge in [-0.2, -0.15) is 0 Å². The van der Waals surface area contributed by atoms with E-state index in [1.165, 1.54) is 0 Å². The molecule has 80 valence electrons. The van der Waals surface area contributed by atoms with Gasteiger partial charge in [-0.3, -0.25) is 0 Å². The standard InChI is InChI=1S/C7H18ClNO3P/c1-5-7(4)9(8,6(2)3)12-13(10)11/h6-7,10-11H,5H2,1-4H3/q+1. The zero-order valence-electron chi connectivity index (χ0n) is 8.44. The molecule has 0 saturated carbocycles. The monoisotopic (exact) mass is 230 g/mol. The van der Waals surface area contributed by atoms with Crippen molar-refractivity contribution >= 4 is 20.4 Å². The Morgan fingerprint density at radius 2 is 1.85 bits per heavy atom. The molecule has 0 aliphatic carbocycles. The Balaban J connectivity index is 4.52. The average Bonchev–Trinajstić information content (AvgIpc) is 2.01. The van der Waals surface area contributed by atoms with Crippen LogP contribution in [0.1, 0.15) is 34.1 Å². The number of hydroxylamine groups is 2. The Bertz CT molecular complexity index is 159. The summed E-state index contributed by atoms with van der Waals surface area (Å²) in [7, 11) is -2.42. The third-order valence-electron chi connectivity index (χ3n) is 2.09. The minimum atomic E-state index is -2.42. The molecule has 13 heavy (non-hydrogen) atoms. The van der Waals surface area contributed by atoms with E-state index in [1.54, 1.807) is 0 Å². The minimum Gasteiger partial charge on any atom is -0.324 e. The summed E-state index contributed by atoms with van der Waals surface area (Å²) in [6, 6.07) is -0.00752. The van der Waals surface area contributed by atoms with E-state index in [4.69, 9.17) is 26.2 Å². The maximum atomic E-state index is 8.78. The van der Waals surface area contributed by atoms with Gasteiger partial charge in [0.15, 0.2) is 0 Å². The zero-order valence-corrected chi connectivity index (χ0v) is 10.1. The summed E-state index contributed by atoms with van der Waals surface area (Å²) in [6.07, 6.45) is 0.810. The smallest absolute Gasteiger partial charge is 0.324 e. The van der Waals surface area contributed by atoms with Crippen molar-refractivity contribution in [2.45, 2.75) is 46.2 Å². The highest BCUT2D eigenvalue weighted by Gasteiger charge is 2.41. The lowest BCUT2D eigenvalue weighted by Crippen LogP contribution is -2.49. The fourth-order valence-corrected chi connectivity index (χ4v) is 1.92. The normalized spacial score (nSPS) is 19.2. The van der Waals surface area contributed by atoms with E-state index in [-0.39, 0.29) is 16.2 Å². The first-order valence-electron chi connectivity index (χ1n) is 4.30. The molecule has 2 N–H and O–H groups in total. The maximum absolute atomic E-state index is 8.78. The molecule has 0 aliphatic heterocycles. The van der Waals surface area contributed by atoms with E-state index in [9.17, 15) is 0 Å². The number of halogens is 1. The summed E-state index contributed by atoms with van der Waals surface area (Å²) < 4.78 is 4.65. The van der Waals surface area contributed by atoms with Crippen LogP contribution in [0.25, 0.3) is 0 Å². The van der Waals surface area contributed by atoms with Crippen LogP contribution in [-0.2, 0) is 4.62 Å². The molecule has 0 spiro atoms. The fraction of sp³-hybridized carbons (Fsp3) is 1.00. The molecule has 2 atom stereocenters. The van der Waals surface area contributed by atoms with Crippen molar-refractivity contribution in [2.75, 3.05) is 0 Å². The van der Waals surface area contributed by atoms with Gasteiger partial charge < -0.3 is 9.79 Å². The lowest BCUT2D eigenvalue weighted by Gasteiger charge is -2.34. The van der Waals surface area contributed by atoms with Crippen molar-refractivity contribution in [3.63, 3.8) is 0 Å². The first-order chi connectivity index (χ1) is 5.84. The molecule has 0 heterocycles. The summed E-state index contributed by atoms with van der Waals surface area (Å²) in [5.41, 5.74) is 0. The molecule has 0 aromatic rings. The van der Waals surface area contributed by atoms with Crippen molar-refractivity contribution in [2.24, 2.45) is 0 Å². The van der Waals surface area contributed by atoms with Crippen LogP contribution >= 0.6 is 20.4 Å². The van der Waals surface area contributed by atoms with Crippen molar-refractivity contribution in [1.29, 1.82) is 0 Å². The third-order valence-corrected chi connectivity index (χ3v) is 3.40. The molecule has 0 aromatic carbocycles. The van der Waals surface area contributed by atoms with Gasteiger partial charge in [-0.1, -0.05) is 11.1 Å². The Morgan fingerprint density at radius 1 is 1.38 bits per heavy atom. The van der Waals surface area contributed by atoms with Crippen molar-refractivity contribution in [1.82, 2.24) is 0 Å². The molecule has 0 aliphatic rings. The van der Waals surface area contributed by atoms with Gasteiger partial charge in [0.25, 0.3) is 0 Å². The number of nitrogens with zero attached hydrogens (tertiary/aromatic N) is 1. The summed E-state index contributed by atoms with van der Waals surface area (Å²) in [5.74, 6) is 0. The van der Waals surface area contributed by atoms with Crippen LogP contribution in [0, 0.1) is 0 Å². The van der Waals surface area contributed by atoms with Crippen molar-refractivity contribution in [3.05, 3.63) is 0 Å². The molecular weight excluding hydrogens is 213 g/mol. The molecule has 2 unspecified atom stereocenters. The summed E-state index contributed by atoms with van der Waals surface area (Å²) >= 11 is 6.13. The number of hydrogen-bond acceptors (Lipinski definition) is 3. The molecule has 0 fully saturated rings. The molecule has 0 amide bonds. The molecule has 4 nitrogen and oxygen atoms in total. The van der Waals surface area contributed by atoms with Gasteiger partial charge in [-0.05, 0) is 20.8 Å². The van der Waals surface area contributed by atoms with Gasteiger partial charge >= 0.3 is 8.60 Å². The zero-order chi connectivity index (χ0) is 10.6. The second kappa shape index (κ2) is 5.44. The number of hydrogen-bond donors (Lipinski definition) is 2. The highest BCUT2D eigenvalue weighted by Crippen LogP contribution is 2.38. The van der Waals surface area contributed by atoms with E-state index in [2.05, 4.69) is 0 Å². The Labute approximate surface area is 85.7 Å². The van der Waals surface area contributed by atoms with Crippen molar-refractivity contribution < 1.29 is 18.6 Å². The van der Waals surface area contributed by atoms with Crippen LogP contribution in [0.15, 0.2) is 0 Å². The highest BCUT2D eigenvalue weighted by molar-refractivity contribution is 7.39. The predicted octanol–water partition coefficient (Wildman–Crippen LogP) is 2.31. The van der Waals surface area contributed by atoms with Crippen LogP contribution in [0.2, 0.25) is 0 Å². The molecule has 0 rings (SSSR count). The van der Waals surface area contributed by atoms with E-state index in [0.717, 1.165) is 6.42 Å². The molecule has 6 heteroatoms. The first-order valence-corrected chi connectivity index (χ1v) is 5.80. The molecule has 0 bridgehead atoms. The number of rotatable bonds is 5. The van der Waals surface area contributed by atoms with Gasteiger partial charge in [-0.15, -0.1) is 4.62 Å². The van der Waals surface area contributed by atoms with Gasteiger partial charge in [-0.25, -0.2) is 0 Å². The van der Waals surface area contributed by atoms with Crippen LogP contribution in [-0.4, -0.2) is 26.0 Å². The Kier molecular flexibility index (Phi) is 5.68. The topological polar surface area (TPSA) is 49.7 Å². The van der Waals surface area contributed by atoms with Gasteiger partial charge in [0.1, 0.15) is 12.1 Å². The Morgan fingerprint density at radius 3 is 2.08 bits per heavy atom. The first kappa shape index (κ1) is 13.6. The molecular formula is C7H18ClNO3P+. The largest absolute Gasteiger partial charge is 0.389 e. The fourth-order valence-electron chi connectivity index (χ4n) is 1.04. The van der Waals surface area contributed by atoms with Crippen LogP contribution < -0.4 is 0 Å². The van der Waals surface area contributed by atoms with Crippen LogP contribution in [0.4, 0.5) is 0 Å². The van der Waals surface area contributed by atoms with E-state index in [1.807, 2.05) is 27.7 Å². The van der Waals surface area contributed by atoms with Crippen LogP contribution in [0.3, 0.4) is 0 Å². The van der Waals surface area contributed by atoms with Gasteiger partial charge in [0.05, 0.1) is 0 Å². The Hall–Kier alpha value is 0.560. The summed E-state index contributed by atoms with van der Waals surface area (Å²) in [5, 5.41) is 0. The predicted molar refractivity (Wildman–Crippen MR) is 53.4 cm³/mol. The SMILES string of the molecule is CCC(C)[N+](Cl)(OP(O)O)C(C)C. The lowest BCUT2D eigenvalue weighted by atomic mass is 10.2. The van der Waals surface area contributed by atoms with E-state index >= 15 is 0 Å². The van der Waals surface area contributed by atoms with Crippen molar-refractivity contribution in [3.8, 4) is 0 Å². The minimum absolute atomic E-state index is 0.0194. The van der Waals surface area contributed by atoms with Gasteiger partial charge in [0.2, 0.25) is 11.8 Å². The second-order valence-electron chi connectivity index (χ2n) is 3.31. The number of quaternary nitrogens is 1. The van der Waals surface area contributed by atoms with Gasteiger partial charge in [0, 0.05) is 6.42 Å². The lowest BCUT2D eigenvalue weighted by molar-refractivity contribution is -1.02. The van der Waals surface area contributed by atoms with Crippen LogP contribution in [0.5, 0.6) is 0 Å². The average molecular weight is 231 g/mol.